The van der Waals surface area contributed by atoms with Crippen molar-refractivity contribution < 1.29 is 18.0 Å². The Morgan fingerprint density at radius 1 is 1.29 bits per heavy atom. The summed E-state index contributed by atoms with van der Waals surface area (Å²) < 4.78 is 36.8. The van der Waals surface area contributed by atoms with Crippen molar-refractivity contribution in [2.45, 2.75) is 13.1 Å². The van der Waals surface area contributed by atoms with E-state index in [0.717, 1.165) is 12.1 Å². The zero-order valence-corrected chi connectivity index (χ0v) is 9.21. The molecule has 0 spiro atoms. The molecule has 1 rings (SSSR count). The number of hydrogen-bond donors (Lipinski definition) is 1. The van der Waals surface area contributed by atoms with Crippen LogP contribution >= 0.6 is 0 Å². The summed E-state index contributed by atoms with van der Waals surface area (Å²) in [6.45, 7) is 2.55. The molecule has 0 bridgehead atoms. The molecule has 0 aliphatic carbocycles. The smallest absolute Gasteiger partial charge is 0.391 e. The third-order valence-electron chi connectivity index (χ3n) is 2.05. The molecular formula is C12H12F3NO. The molecule has 0 aromatic heterocycles. The maximum atomic E-state index is 12.3. The maximum absolute atomic E-state index is 12.3. The fraction of sp³-hybridized carbons (Fsp3) is 0.250. The molecule has 92 valence electrons. The summed E-state index contributed by atoms with van der Waals surface area (Å²) in [6, 6.07) is 4.13. The SMILES string of the molecule is CCNC=CC(=O)c1ccc(C(F)(F)F)cc1. The summed E-state index contributed by atoms with van der Waals surface area (Å²) >= 11 is 0. The third-order valence-corrected chi connectivity index (χ3v) is 2.05. The monoisotopic (exact) mass is 243 g/mol. The van der Waals surface area contributed by atoms with Gasteiger partial charge in [-0.15, -0.1) is 0 Å². The van der Waals surface area contributed by atoms with Crippen molar-refractivity contribution in [1.29, 1.82) is 0 Å². The predicted molar refractivity (Wildman–Crippen MR) is 58.6 cm³/mol. The van der Waals surface area contributed by atoms with E-state index >= 15 is 0 Å². The summed E-state index contributed by atoms with van der Waals surface area (Å²) in [7, 11) is 0. The van der Waals surface area contributed by atoms with Crippen molar-refractivity contribution >= 4 is 5.78 Å². The van der Waals surface area contributed by atoms with E-state index in [-0.39, 0.29) is 11.3 Å². The molecule has 1 N–H and O–H groups in total. The summed E-state index contributed by atoms with van der Waals surface area (Å²) in [5.41, 5.74) is -0.531. The van der Waals surface area contributed by atoms with E-state index in [1.54, 1.807) is 0 Å². The van der Waals surface area contributed by atoms with E-state index in [9.17, 15) is 18.0 Å². The van der Waals surface area contributed by atoms with Crippen molar-refractivity contribution in [2.75, 3.05) is 6.54 Å². The van der Waals surface area contributed by atoms with E-state index in [1.807, 2.05) is 6.92 Å². The molecule has 1 aromatic carbocycles. The van der Waals surface area contributed by atoms with Gasteiger partial charge in [0.25, 0.3) is 0 Å². The molecule has 2 nitrogen and oxygen atoms in total. The van der Waals surface area contributed by atoms with Crippen molar-refractivity contribution in [3.63, 3.8) is 0 Å². The first-order chi connectivity index (χ1) is 7.95. The van der Waals surface area contributed by atoms with Crippen molar-refractivity contribution in [3.05, 3.63) is 47.7 Å². The quantitative estimate of drug-likeness (QED) is 0.650. The van der Waals surface area contributed by atoms with Gasteiger partial charge in [-0.05, 0) is 19.1 Å². The zero-order valence-electron chi connectivity index (χ0n) is 9.21. The molecule has 0 unspecified atom stereocenters. The summed E-state index contributed by atoms with van der Waals surface area (Å²) in [4.78, 5) is 11.5. The van der Waals surface area contributed by atoms with Crippen LogP contribution in [0.3, 0.4) is 0 Å². The van der Waals surface area contributed by atoms with Crippen LogP contribution in [0.5, 0.6) is 0 Å². The minimum absolute atomic E-state index is 0.229. The first kappa shape index (κ1) is 13.3. The maximum Gasteiger partial charge on any atom is 0.416 e. The number of rotatable bonds is 4. The van der Waals surface area contributed by atoms with Crippen LogP contribution in [-0.2, 0) is 6.18 Å². The van der Waals surface area contributed by atoms with Gasteiger partial charge in [0.2, 0.25) is 0 Å². The van der Waals surface area contributed by atoms with Gasteiger partial charge in [-0.2, -0.15) is 13.2 Å². The topological polar surface area (TPSA) is 29.1 Å². The molecule has 0 saturated heterocycles. The Kier molecular flexibility index (Phi) is 4.31. The number of hydrogen-bond acceptors (Lipinski definition) is 2. The lowest BCUT2D eigenvalue weighted by molar-refractivity contribution is -0.137. The van der Waals surface area contributed by atoms with Crippen LogP contribution in [-0.4, -0.2) is 12.3 Å². The number of carbonyl (C=O) groups excluding carboxylic acids is 1. The average Bonchev–Trinajstić information content (AvgIpc) is 2.28. The fourth-order valence-corrected chi connectivity index (χ4v) is 1.17. The van der Waals surface area contributed by atoms with E-state index < -0.39 is 11.7 Å². The molecule has 17 heavy (non-hydrogen) atoms. The lowest BCUT2D eigenvalue weighted by Gasteiger charge is -2.06. The number of nitrogens with one attached hydrogen (secondary N) is 1. The second-order valence-electron chi connectivity index (χ2n) is 3.33. The van der Waals surface area contributed by atoms with E-state index in [0.29, 0.717) is 6.54 Å². The standard InChI is InChI=1S/C12H12F3NO/c1-2-16-8-7-11(17)9-3-5-10(6-4-9)12(13,14)15/h3-8,16H,2H2,1H3. The molecule has 0 aliphatic rings. The molecule has 0 aliphatic heterocycles. The predicted octanol–water partition coefficient (Wildman–Crippen LogP) is 3.01. The Bertz CT molecular complexity index is 407. The molecular weight excluding hydrogens is 231 g/mol. The highest BCUT2D eigenvalue weighted by atomic mass is 19.4. The Balaban J connectivity index is 2.78. The lowest BCUT2D eigenvalue weighted by Crippen LogP contribution is -2.06. The highest BCUT2D eigenvalue weighted by Gasteiger charge is 2.30. The normalized spacial score (nSPS) is 11.8. The minimum Gasteiger partial charge on any atom is -0.391 e. The van der Waals surface area contributed by atoms with Gasteiger partial charge in [-0.3, -0.25) is 4.79 Å². The second kappa shape index (κ2) is 5.52. The van der Waals surface area contributed by atoms with Crippen LogP contribution in [0.4, 0.5) is 13.2 Å². The van der Waals surface area contributed by atoms with Gasteiger partial charge in [0.1, 0.15) is 0 Å². The second-order valence-corrected chi connectivity index (χ2v) is 3.33. The Hall–Kier alpha value is -1.78. The Labute approximate surface area is 97.1 Å². The highest BCUT2D eigenvalue weighted by Crippen LogP contribution is 2.29. The third kappa shape index (κ3) is 3.94. The molecule has 1 aromatic rings. The number of benzene rings is 1. The number of allylic oxidation sites excluding steroid dienone is 1. The van der Waals surface area contributed by atoms with Crippen molar-refractivity contribution in [1.82, 2.24) is 5.32 Å². The number of ketones is 1. The number of alkyl halides is 3. The minimum atomic E-state index is -4.37. The molecule has 5 heteroatoms. The fourth-order valence-electron chi connectivity index (χ4n) is 1.17. The van der Waals surface area contributed by atoms with Gasteiger partial charge < -0.3 is 5.32 Å². The van der Waals surface area contributed by atoms with Crippen molar-refractivity contribution in [2.24, 2.45) is 0 Å². The summed E-state index contributed by atoms with van der Waals surface area (Å²) in [5.74, 6) is -0.334. The molecule has 0 atom stereocenters. The molecule has 0 radical (unpaired) electrons. The van der Waals surface area contributed by atoms with Crippen LogP contribution < -0.4 is 5.32 Å². The first-order valence-electron chi connectivity index (χ1n) is 5.06. The van der Waals surface area contributed by atoms with Gasteiger partial charge >= 0.3 is 6.18 Å². The Morgan fingerprint density at radius 3 is 2.35 bits per heavy atom. The van der Waals surface area contributed by atoms with Gasteiger partial charge in [0.15, 0.2) is 5.78 Å². The van der Waals surface area contributed by atoms with Crippen LogP contribution in [0.1, 0.15) is 22.8 Å². The van der Waals surface area contributed by atoms with Crippen LogP contribution in [0, 0.1) is 0 Å². The average molecular weight is 243 g/mol. The number of carbonyl (C=O) groups is 1. The van der Waals surface area contributed by atoms with Crippen LogP contribution in [0.15, 0.2) is 36.5 Å². The van der Waals surface area contributed by atoms with Gasteiger partial charge in [0.05, 0.1) is 5.56 Å². The highest BCUT2D eigenvalue weighted by molar-refractivity contribution is 6.04. The van der Waals surface area contributed by atoms with E-state index in [1.165, 1.54) is 24.4 Å². The van der Waals surface area contributed by atoms with Crippen LogP contribution in [0.2, 0.25) is 0 Å². The molecule has 0 fully saturated rings. The molecule has 0 amide bonds. The summed E-state index contributed by atoms with van der Waals surface area (Å²) in [5, 5.41) is 2.80. The van der Waals surface area contributed by atoms with E-state index in [2.05, 4.69) is 5.32 Å². The zero-order chi connectivity index (χ0) is 12.9. The number of halogens is 3. The van der Waals surface area contributed by atoms with Gasteiger partial charge in [-0.25, -0.2) is 0 Å². The van der Waals surface area contributed by atoms with Crippen LogP contribution in [0.25, 0.3) is 0 Å². The Morgan fingerprint density at radius 2 is 1.88 bits per heavy atom. The lowest BCUT2D eigenvalue weighted by atomic mass is 10.1. The van der Waals surface area contributed by atoms with Gasteiger partial charge in [0, 0.05) is 24.4 Å². The first-order valence-corrected chi connectivity index (χ1v) is 5.06. The van der Waals surface area contributed by atoms with E-state index in [4.69, 9.17) is 0 Å². The van der Waals surface area contributed by atoms with Crippen molar-refractivity contribution in [3.8, 4) is 0 Å². The molecule has 0 heterocycles. The molecule has 0 saturated carbocycles. The van der Waals surface area contributed by atoms with Gasteiger partial charge in [-0.1, -0.05) is 12.1 Å². The largest absolute Gasteiger partial charge is 0.416 e. The summed E-state index contributed by atoms with van der Waals surface area (Å²) in [6.07, 6.45) is -1.62.